The van der Waals surface area contributed by atoms with Gasteiger partial charge in [0.2, 0.25) is 5.91 Å². The summed E-state index contributed by atoms with van der Waals surface area (Å²) in [5.74, 6) is -1.56. The Labute approximate surface area is 151 Å². The van der Waals surface area contributed by atoms with Crippen molar-refractivity contribution in [1.29, 1.82) is 0 Å². The highest BCUT2D eigenvalue weighted by Crippen LogP contribution is 2.33. The molecule has 1 saturated heterocycles. The van der Waals surface area contributed by atoms with Crippen molar-refractivity contribution in [2.45, 2.75) is 25.7 Å². The van der Waals surface area contributed by atoms with Crippen LogP contribution in [0.25, 0.3) is 0 Å². The fourth-order valence-corrected chi connectivity index (χ4v) is 3.26. The molecule has 0 unspecified atom stereocenters. The van der Waals surface area contributed by atoms with Gasteiger partial charge in [0, 0.05) is 31.4 Å². The number of methoxy groups -OCH3 is 1. The van der Waals surface area contributed by atoms with Crippen molar-refractivity contribution in [3.05, 3.63) is 59.2 Å². The number of benzene rings is 1. The molecule has 1 amide bonds. The highest BCUT2D eigenvalue weighted by Gasteiger charge is 2.39. The minimum absolute atomic E-state index is 0.0465. The molecular weight excluding hydrogens is 335 g/mol. The number of Topliss-reactive ketones (excluding diaryl/α,β-unsaturated/α-hetero) is 1. The lowest BCUT2D eigenvalue weighted by Crippen LogP contribution is -2.23. The molecule has 0 spiro atoms. The van der Waals surface area contributed by atoms with Gasteiger partial charge in [0.1, 0.15) is 17.3 Å². The van der Waals surface area contributed by atoms with Crippen LogP contribution in [0.2, 0.25) is 0 Å². The third kappa shape index (κ3) is 3.90. The van der Waals surface area contributed by atoms with E-state index in [9.17, 15) is 14.0 Å². The number of ether oxygens (including phenoxy) is 1. The summed E-state index contributed by atoms with van der Waals surface area (Å²) in [6.07, 6.45) is 1.75. The number of nitrogens with one attached hydrogen (secondary N) is 1. The zero-order chi connectivity index (χ0) is 18.7. The Morgan fingerprint density at radius 1 is 1.35 bits per heavy atom. The molecule has 26 heavy (non-hydrogen) atoms. The fourth-order valence-electron chi connectivity index (χ4n) is 3.26. The van der Waals surface area contributed by atoms with E-state index in [4.69, 9.17) is 4.74 Å². The minimum Gasteiger partial charge on any atom is -0.495 e. The molecule has 1 aromatic heterocycles. The van der Waals surface area contributed by atoms with Gasteiger partial charge in [-0.25, -0.2) is 4.39 Å². The molecular formula is C20H21FN2O3. The van der Waals surface area contributed by atoms with Gasteiger partial charge >= 0.3 is 0 Å². The molecule has 0 radical (unpaired) electrons. The standard InChI is InChI=1S/C20H21FN2O3/c1-12-3-5-13(6-4-12)7-14(24)8-16-17(11-23-20(16)25)19-18(21)9-15(26-2)10-22-19/h3-6,9-10,16-17H,7-8,11H2,1-2H3,(H,23,25)/t16-,17+/m0/s1. The number of pyridine rings is 1. The zero-order valence-corrected chi connectivity index (χ0v) is 14.8. The first kappa shape index (κ1) is 18.0. The summed E-state index contributed by atoms with van der Waals surface area (Å²) in [4.78, 5) is 28.7. The molecule has 6 heteroatoms. The quantitative estimate of drug-likeness (QED) is 0.864. The number of hydrogen-bond donors (Lipinski definition) is 1. The number of aromatic nitrogens is 1. The maximum absolute atomic E-state index is 14.3. The molecule has 136 valence electrons. The van der Waals surface area contributed by atoms with Crippen LogP contribution in [0.3, 0.4) is 0 Å². The number of aryl methyl sites for hydroxylation is 1. The summed E-state index contributed by atoms with van der Waals surface area (Å²) in [6.45, 7) is 2.26. The number of amides is 1. The largest absolute Gasteiger partial charge is 0.495 e. The van der Waals surface area contributed by atoms with Gasteiger partial charge in [0.15, 0.2) is 0 Å². The topological polar surface area (TPSA) is 68.3 Å². The van der Waals surface area contributed by atoms with E-state index in [1.807, 2.05) is 31.2 Å². The van der Waals surface area contributed by atoms with Crippen molar-refractivity contribution in [1.82, 2.24) is 10.3 Å². The van der Waals surface area contributed by atoms with E-state index in [2.05, 4.69) is 10.3 Å². The first-order chi connectivity index (χ1) is 12.5. The summed E-state index contributed by atoms with van der Waals surface area (Å²) in [7, 11) is 1.43. The second kappa shape index (κ2) is 7.64. The highest BCUT2D eigenvalue weighted by molar-refractivity contribution is 5.90. The van der Waals surface area contributed by atoms with Crippen LogP contribution in [0, 0.1) is 18.7 Å². The van der Waals surface area contributed by atoms with Crippen molar-refractivity contribution in [3.63, 3.8) is 0 Å². The van der Waals surface area contributed by atoms with Crippen LogP contribution in [0.1, 0.15) is 29.2 Å². The van der Waals surface area contributed by atoms with E-state index in [-0.39, 0.29) is 36.8 Å². The van der Waals surface area contributed by atoms with E-state index >= 15 is 0 Å². The van der Waals surface area contributed by atoms with E-state index in [1.54, 1.807) is 0 Å². The predicted octanol–water partition coefficient (Wildman–Crippen LogP) is 2.57. The molecule has 1 aliphatic heterocycles. The van der Waals surface area contributed by atoms with E-state index < -0.39 is 17.7 Å². The van der Waals surface area contributed by atoms with Crippen LogP contribution in [0.4, 0.5) is 4.39 Å². The van der Waals surface area contributed by atoms with Gasteiger partial charge in [-0.15, -0.1) is 0 Å². The van der Waals surface area contributed by atoms with Crippen LogP contribution in [-0.2, 0) is 16.0 Å². The van der Waals surface area contributed by atoms with E-state index in [1.165, 1.54) is 19.4 Å². The Balaban J connectivity index is 1.73. The molecule has 1 aromatic carbocycles. The fraction of sp³-hybridized carbons (Fsp3) is 0.350. The summed E-state index contributed by atoms with van der Waals surface area (Å²) < 4.78 is 19.3. The molecule has 5 nitrogen and oxygen atoms in total. The third-order valence-corrected chi connectivity index (χ3v) is 4.72. The number of ketones is 1. The van der Waals surface area contributed by atoms with Crippen molar-refractivity contribution in [2.75, 3.05) is 13.7 Å². The molecule has 0 saturated carbocycles. The number of nitrogens with zero attached hydrogens (tertiary/aromatic N) is 1. The Morgan fingerprint density at radius 2 is 2.08 bits per heavy atom. The predicted molar refractivity (Wildman–Crippen MR) is 94.5 cm³/mol. The van der Waals surface area contributed by atoms with Crippen molar-refractivity contribution >= 4 is 11.7 Å². The summed E-state index contributed by atoms with van der Waals surface area (Å²) in [5.41, 5.74) is 2.22. The van der Waals surface area contributed by atoms with E-state index in [0.717, 1.165) is 11.1 Å². The molecule has 2 aromatic rings. The number of halogens is 1. The Morgan fingerprint density at radius 3 is 2.73 bits per heavy atom. The first-order valence-corrected chi connectivity index (χ1v) is 8.52. The molecule has 2 heterocycles. The van der Waals surface area contributed by atoms with Crippen LogP contribution in [-0.4, -0.2) is 30.3 Å². The smallest absolute Gasteiger partial charge is 0.224 e. The number of carbonyl (C=O) groups is 2. The van der Waals surface area contributed by atoms with Gasteiger partial charge in [-0.05, 0) is 12.5 Å². The van der Waals surface area contributed by atoms with Gasteiger partial charge in [-0.1, -0.05) is 29.8 Å². The van der Waals surface area contributed by atoms with Crippen LogP contribution in [0.5, 0.6) is 5.75 Å². The van der Waals surface area contributed by atoms with Gasteiger partial charge in [-0.2, -0.15) is 0 Å². The van der Waals surface area contributed by atoms with Crippen molar-refractivity contribution in [2.24, 2.45) is 5.92 Å². The van der Waals surface area contributed by atoms with Crippen LogP contribution in [0.15, 0.2) is 36.5 Å². The second-order valence-electron chi connectivity index (χ2n) is 6.61. The summed E-state index contributed by atoms with van der Waals surface area (Å²) in [6, 6.07) is 8.96. The Bertz CT molecular complexity index is 820. The maximum atomic E-state index is 14.3. The lowest BCUT2D eigenvalue weighted by molar-refractivity contribution is -0.127. The van der Waals surface area contributed by atoms with Crippen molar-refractivity contribution < 1.29 is 18.7 Å². The van der Waals surface area contributed by atoms with Crippen molar-refractivity contribution in [3.8, 4) is 5.75 Å². The van der Waals surface area contributed by atoms with Gasteiger partial charge in [-0.3, -0.25) is 14.6 Å². The number of rotatable bonds is 6. The maximum Gasteiger partial charge on any atom is 0.224 e. The number of carbonyl (C=O) groups excluding carboxylic acids is 2. The Hall–Kier alpha value is -2.76. The zero-order valence-electron chi connectivity index (χ0n) is 14.8. The molecule has 0 aliphatic carbocycles. The molecule has 2 atom stereocenters. The molecule has 3 rings (SSSR count). The Kier molecular flexibility index (Phi) is 5.30. The SMILES string of the molecule is COc1cnc([C@@H]2CNC(=O)[C@H]2CC(=O)Cc2ccc(C)cc2)c(F)c1. The molecule has 1 aliphatic rings. The molecule has 1 N–H and O–H groups in total. The van der Waals surface area contributed by atoms with E-state index in [0.29, 0.717) is 5.75 Å². The monoisotopic (exact) mass is 356 g/mol. The third-order valence-electron chi connectivity index (χ3n) is 4.72. The minimum atomic E-state index is -0.608. The van der Waals surface area contributed by atoms with Gasteiger partial charge in [0.25, 0.3) is 0 Å². The van der Waals surface area contributed by atoms with Gasteiger partial charge in [0.05, 0.1) is 24.9 Å². The highest BCUT2D eigenvalue weighted by atomic mass is 19.1. The number of hydrogen-bond acceptors (Lipinski definition) is 4. The summed E-state index contributed by atoms with van der Waals surface area (Å²) in [5, 5.41) is 2.72. The normalized spacial score (nSPS) is 19.3. The second-order valence-corrected chi connectivity index (χ2v) is 6.61. The average Bonchev–Trinajstić information content (AvgIpc) is 2.97. The van der Waals surface area contributed by atoms with Crippen LogP contribution >= 0.6 is 0 Å². The first-order valence-electron chi connectivity index (χ1n) is 8.52. The molecule has 0 bridgehead atoms. The average molecular weight is 356 g/mol. The molecule has 1 fully saturated rings. The van der Waals surface area contributed by atoms with Gasteiger partial charge < -0.3 is 10.1 Å². The lowest BCUT2D eigenvalue weighted by Gasteiger charge is -2.16. The van der Waals surface area contributed by atoms with Crippen LogP contribution < -0.4 is 10.1 Å². The lowest BCUT2D eigenvalue weighted by atomic mass is 9.86. The summed E-state index contributed by atoms with van der Waals surface area (Å²) >= 11 is 0.